The number of nitrogens with one attached hydrogen (secondary N) is 1. The lowest BCUT2D eigenvalue weighted by Gasteiger charge is -2.26. The maximum Gasteiger partial charge on any atom is 0.0377 e. The summed E-state index contributed by atoms with van der Waals surface area (Å²) in [7, 11) is 0. The summed E-state index contributed by atoms with van der Waals surface area (Å²) >= 11 is 0. The number of anilines is 1. The molecule has 0 aliphatic heterocycles. The summed E-state index contributed by atoms with van der Waals surface area (Å²) in [4.78, 5) is 0. The molecule has 0 saturated heterocycles. The predicted octanol–water partition coefficient (Wildman–Crippen LogP) is 5.15. The molecule has 0 radical (unpaired) electrons. The highest BCUT2D eigenvalue weighted by molar-refractivity contribution is 5.54. The molecular formula is C18H29N. The summed E-state index contributed by atoms with van der Waals surface area (Å²) in [5.74, 6) is 3.84. The van der Waals surface area contributed by atoms with Crippen LogP contribution in [0.2, 0.25) is 0 Å². The smallest absolute Gasteiger partial charge is 0.0377 e. The average Bonchev–Trinajstić information content (AvgIpc) is 2.55. The minimum absolute atomic E-state index is 0.489. The highest BCUT2D eigenvalue weighted by Gasteiger charge is 2.42. The number of hydrogen-bond donors (Lipinski definition) is 1. The Hall–Kier alpha value is -0.980. The van der Waals surface area contributed by atoms with Gasteiger partial charge in [0.25, 0.3) is 0 Å². The highest BCUT2D eigenvalue weighted by Crippen LogP contribution is 2.52. The summed E-state index contributed by atoms with van der Waals surface area (Å²) in [5.41, 5.74) is 2.86. The Morgan fingerprint density at radius 3 is 1.89 bits per heavy atom. The Labute approximate surface area is 118 Å². The lowest BCUT2D eigenvalue weighted by molar-refractivity contribution is 0.352. The van der Waals surface area contributed by atoms with E-state index in [4.69, 9.17) is 0 Å². The van der Waals surface area contributed by atoms with E-state index in [9.17, 15) is 0 Å². The Kier molecular flexibility index (Phi) is 4.23. The number of benzene rings is 1. The molecule has 4 unspecified atom stereocenters. The van der Waals surface area contributed by atoms with Crippen LogP contribution in [0.15, 0.2) is 24.3 Å². The van der Waals surface area contributed by atoms with Gasteiger partial charge in [-0.05, 0) is 55.1 Å². The fourth-order valence-electron chi connectivity index (χ4n) is 3.89. The molecule has 1 aliphatic rings. The molecule has 2 rings (SSSR count). The van der Waals surface area contributed by atoms with E-state index in [0.29, 0.717) is 12.0 Å². The van der Waals surface area contributed by atoms with Crippen molar-refractivity contribution in [1.29, 1.82) is 0 Å². The van der Waals surface area contributed by atoms with E-state index < -0.39 is 0 Å². The zero-order valence-electron chi connectivity index (χ0n) is 13.3. The van der Waals surface area contributed by atoms with Gasteiger partial charge in [-0.2, -0.15) is 0 Å². The van der Waals surface area contributed by atoms with Gasteiger partial charge in [-0.15, -0.1) is 0 Å². The van der Waals surface area contributed by atoms with Gasteiger partial charge in [-0.25, -0.2) is 0 Å². The summed E-state index contributed by atoms with van der Waals surface area (Å²) in [6.07, 6.45) is 0. The third kappa shape index (κ3) is 2.66. The molecule has 106 valence electrons. The Bertz CT molecular complexity index is 409. The lowest BCUT2D eigenvalue weighted by Crippen LogP contribution is -2.16. The first-order chi connectivity index (χ1) is 8.93. The second-order valence-corrected chi connectivity index (χ2v) is 6.85. The van der Waals surface area contributed by atoms with E-state index >= 15 is 0 Å². The van der Waals surface area contributed by atoms with Crippen molar-refractivity contribution in [3.05, 3.63) is 29.8 Å². The van der Waals surface area contributed by atoms with Gasteiger partial charge in [-0.3, -0.25) is 0 Å². The van der Waals surface area contributed by atoms with Crippen molar-refractivity contribution in [1.82, 2.24) is 0 Å². The standard InChI is InChI=1S/C18H29N/c1-11(2)19-17-10-8-7-9-16(17)18-14(5)12(3)13(4)15(18)6/h7-15,18-19H,1-6H3. The van der Waals surface area contributed by atoms with Crippen molar-refractivity contribution in [3.8, 4) is 0 Å². The SMILES string of the molecule is CC(C)Nc1ccccc1C1C(C)C(C)C(C)C1C. The van der Waals surface area contributed by atoms with Crippen LogP contribution in [0.3, 0.4) is 0 Å². The van der Waals surface area contributed by atoms with E-state index in [1.165, 1.54) is 11.3 Å². The lowest BCUT2D eigenvalue weighted by atomic mass is 9.82. The zero-order valence-corrected chi connectivity index (χ0v) is 13.3. The number of para-hydroxylation sites is 1. The largest absolute Gasteiger partial charge is 0.383 e. The first-order valence-corrected chi connectivity index (χ1v) is 7.79. The van der Waals surface area contributed by atoms with Crippen LogP contribution in [0, 0.1) is 23.7 Å². The first-order valence-electron chi connectivity index (χ1n) is 7.79. The van der Waals surface area contributed by atoms with Gasteiger partial charge in [0, 0.05) is 11.7 Å². The van der Waals surface area contributed by atoms with E-state index in [0.717, 1.165) is 23.7 Å². The average molecular weight is 259 g/mol. The summed E-state index contributed by atoms with van der Waals surface area (Å²) in [6, 6.07) is 9.39. The summed E-state index contributed by atoms with van der Waals surface area (Å²) in [6.45, 7) is 14.1. The first kappa shape index (κ1) is 14.4. The molecule has 1 heteroatoms. The van der Waals surface area contributed by atoms with Crippen LogP contribution >= 0.6 is 0 Å². The predicted molar refractivity (Wildman–Crippen MR) is 84.6 cm³/mol. The molecule has 4 atom stereocenters. The van der Waals surface area contributed by atoms with Crippen molar-refractivity contribution in [2.24, 2.45) is 23.7 Å². The minimum Gasteiger partial charge on any atom is -0.383 e. The maximum absolute atomic E-state index is 3.62. The van der Waals surface area contributed by atoms with Crippen molar-refractivity contribution in [2.45, 2.75) is 53.5 Å². The Morgan fingerprint density at radius 2 is 1.37 bits per heavy atom. The van der Waals surface area contributed by atoms with Crippen LogP contribution in [0.1, 0.15) is 53.0 Å². The molecule has 0 heterocycles. The summed E-state index contributed by atoms with van der Waals surface area (Å²) < 4.78 is 0. The second kappa shape index (κ2) is 5.56. The monoisotopic (exact) mass is 259 g/mol. The fraction of sp³-hybridized carbons (Fsp3) is 0.667. The fourth-order valence-corrected chi connectivity index (χ4v) is 3.89. The van der Waals surface area contributed by atoms with Crippen molar-refractivity contribution in [2.75, 3.05) is 5.32 Å². The van der Waals surface area contributed by atoms with E-state index in [-0.39, 0.29) is 0 Å². The molecule has 1 N–H and O–H groups in total. The molecule has 1 aromatic rings. The Morgan fingerprint density at radius 1 is 0.842 bits per heavy atom. The Balaban J connectivity index is 2.36. The van der Waals surface area contributed by atoms with Gasteiger partial charge in [-0.1, -0.05) is 45.9 Å². The topological polar surface area (TPSA) is 12.0 Å². The van der Waals surface area contributed by atoms with E-state index in [1.54, 1.807) is 0 Å². The quantitative estimate of drug-likeness (QED) is 0.791. The third-order valence-corrected chi connectivity index (χ3v) is 5.39. The van der Waals surface area contributed by atoms with Crippen LogP contribution in [0.5, 0.6) is 0 Å². The molecule has 19 heavy (non-hydrogen) atoms. The van der Waals surface area contributed by atoms with Gasteiger partial charge in [0.05, 0.1) is 0 Å². The van der Waals surface area contributed by atoms with Gasteiger partial charge in [0.15, 0.2) is 0 Å². The van der Waals surface area contributed by atoms with Gasteiger partial charge < -0.3 is 5.32 Å². The van der Waals surface area contributed by atoms with Crippen LogP contribution in [-0.4, -0.2) is 6.04 Å². The molecule has 0 bridgehead atoms. The molecule has 1 fully saturated rings. The molecule has 0 spiro atoms. The van der Waals surface area contributed by atoms with Crippen molar-refractivity contribution < 1.29 is 0 Å². The number of hydrogen-bond acceptors (Lipinski definition) is 1. The molecule has 1 nitrogen and oxygen atoms in total. The van der Waals surface area contributed by atoms with Crippen molar-refractivity contribution in [3.63, 3.8) is 0 Å². The van der Waals surface area contributed by atoms with Crippen LogP contribution in [0.25, 0.3) is 0 Å². The second-order valence-electron chi connectivity index (χ2n) is 6.85. The van der Waals surface area contributed by atoms with Crippen molar-refractivity contribution >= 4 is 5.69 Å². The molecule has 0 amide bonds. The normalized spacial score (nSPS) is 34.8. The molecule has 1 aliphatic carbocycles. The zero-order chi connectivity index (χ0) is 14.2. The van der Waals surface area contributed by atoms with E-state index in [2.05, 4.69) is 71.1 Å². The minimum atomic E-state index is 0.489. The molecule has 1 saturated carbocycles. The third-order valence-electron chi connectivity index (χ3n) is 5.39. The number of rotatable bonds is 3. The molecule has 0 aromatic heterocycles. The van der Waals surface area contributed by atoms with Gasteiger partial charge >= 0.3 is 0 Å². The highest BCUT2D eigenvalue weighted by atomic mass is 14.9. The molecule has 1 aromatic carbocycles. The summed E-state index contributed by atoms with van der Waals surface area (Å²) in [5, 5.41) is 3.62. The van der Waals surface area contributed by atoms with Crippen LogP contribution in [-0.2, 0) is 0 Å². The van der Waals surface area contributed by atoms with Crippen LogP contribution < -0.4 is 5.32 Å². The van der Waals surface area contributed by atoms with Gasteiger partial charge in [0.2, 0.25) is 0 Å². The van der Waals surface area contributed by atoms with Crippen LogP contribution in [0.4, 0.5) is 5.69 Å². The maximum atomic E-state index is 3.62. The van der Waals surface area contributed by atoms with E-state index in [1.807, 2.05) is 0 Å². The molecular weight excluding hydrogens is 230 g/mol. The van der Waals surface area contributed by atoms with Gasteiger partial charge in [0.1, 0.15) is 0 Å².